The molecule has 1 aliphatic heterocycles. The van der Waals surface area contributed by atoms with Crippen LogP contribution < -0.4 is 31.8 Å². The van der Waals surface area contributed by atoms with Crippen molar-refractivity contribution in [1.29, 1.82) is 0 Å². The lowest BCUT2D eigenvalue weighted by Crippen LogP contribution is -2.39. The second kappa shape index (κ2) is 17.0. The van der Waals surface area contributed by atoms with Gasteiger partial charge in [0, 0.05) is 38.4 Å². The molecule has 6 aromatic rings. The second-order valence-electron chi connectivity index (χ2n) is 11.9. The van der Waals surface area contributed by atoms with Gasteiger partial charge in [-0.15, -0.1) is 0 Å². The molecule has 0 spiro atoms. The van der Waals surface area contributed by atoms with E-state index >= 15 is 0 Å². The number of nitrogens with zero attached hydrogens (tertiary/aromatic N) is 1. The SMILES string of the molecule is O=C(O)[C@@H]1CCCN1P(=S)(c1ccccc1)c1ccccc1.S=P(OP(=S)(c1ccccc1)c1ccccc1)(c1ccccc1)c1ccccc1. The van der Waals surface area contributed by atoms with E-state index < -0.39 is 30.7 Å². The average Bonchev–Trinajstić information content (AvgIpc) is 3.71. The van der Waals surface area contributed by atoms with E-state index in [-0.39, 0.29) is 0 Å². The smallest absolute Gasteiger partial charge is 0.321 e. The van der Waals surface area contributed by atoms with Gasteiger partial charge >= 0.3 is 5.97 Å². The van der Waals surface area contributed by atoms with E-state index in [4.69, 9.17) is 39.7 Å². The minimum atomic E-state index is -2.60. The van der Waals surface area contributed by atoms with Gasteiger partial charge in [-0.25, -0.2) is 0 Å². The number of benzene rings is 6. The molecule has 1 heterocycles. The summed E-state index contributed by atoms with van der Waals surface area (Å²) in [7, 11) is 0. The summed E-state index contributed by atoms with van der Waals surface area (Å²) < 4.78 is 9.09. The minimum Gasteiger partial charge on any atom is -0.480 e. The molecule has 4 nitrogen and oxygen atoms in total. The maximum absolute atomic E-state index is 11.7. The first-order chi connectivity index (χ1) is 24.8. The van der Waals surface area contributed by atoms with Gasteiger partial charge in [-0.05, 0) is 12.8 Å². The van der Waals surface area contributed by atoms with Gasteiger partial charge in [-0.1, -0.05) is 217 Å². The van der Waals surface area contributed by atoms with E-state index in [1.54, 1.807) is 0 Å². The molecule has 1 fully saturated rings. The van der Waals surface area contributed by atoms with E-state index in [0.717, 1.165) is 44.8 Å². The van der Waals surface area contributed by atoms with E-state index in [9.17, 15) is 9.90 Å². The van der Waals surface area contributed by atoms with Gasteiger partial charge < -0.3 is 9.42 Å². The highest BCUT2D eigenvalue weighted by Gasteiger charge is 2.41. The summed E-state index contributed by atoms with van der Waals surface area (Å²) in [5.41, 5.74) is 0. The lowest BCUT2D eigenvalue weighted by atomic mass is 10.2. The molecule has 1 atom stereocenters. The van der Waals surface area contributed by atoms with Crippen molar-refractivity contribution in [3.8, 4) is 0 Å². The highest BCUT2D eigenvalue weighted by atomic mass is 32.5. The van der Waals surface area contributed by atoms with Crippen molar-refractivity contribution in [2.24, 2.45) is 0 Å². The predicted octanol–water partition coefficient (Wildman–Crippen LogP) is 7.67. The van der Waals surface area contributed by atoms with Crippen LogP contribution in [-0.2, 0) is 44.5 Å². The molecule has 0 aliphatic carbocycles. The van der Waals surface area contributed by atoms with E-state index in [1.165, 1.54) is 0 Å². The van der Waals surface area contributed by atoms with Crippen molar-refractivity contribution in [3.63, 3.8) is 0 Å². The first-order valence-corrected chi connectivity index (χ1v) is 24.8. The van der Waals surface area contributed by atoms with Crippen LogP contribution in [0.4, 0.5) is 0 Å². The molecule has 6 aromatic carbocycles. The summed E-state index contributed by atoms with van der Waals surface area (Å²) in [5.74, 6) is -0.765. The first-order valence-electron chi connectivity index (χ1n) is 16.6. The summed E-state index contributed by atoms with van der Waals surface area (Å²) in [6.07, 6.45) is -5.93. The van der Waals surface area contributed by atoms with Crippen LogP contribution in [0.15, 0.2) is 182 Å². The van der Waals surface area contributed by atoms with E-state index in [1.807, 2.05) is 133 Å². The van der Waals surface area contributed by atoms with Crippen LogP contribution in [0, 0.1) is 0 Å². The van der Waals surface area contributed by atoms with Crippen molar-refractivity contribution in [2.75, 3.05) is 6.54 Å². The maximum Gasteiger partial charge on any atom is 0.321 e. The van der Waals surface area contributed by atoms with Crippen LogP contribution in [0.25, 0.3) is 0 Å². The molecule has 0 aromatic heterocycles. The molecule has 1 saturated heterocycles. The Labute approximate surface area is 316 Å². The Balaban J connectivity index is 0.000000183. The maximum atomic E-state index is 11.7. The zero-order valence-electron chi connectivity index (χ0n) is 27.8. The fraction of sp³-hybridized carbons (Fsp3) is 0.0976. The zero-order valence-corrected chi connectivity index (χ0v) is 32.9. The number of rotatable bonds is 10. The van der Waals surface area contributed by atoms with E-state index in [0.29, 0.717) is 6.42 Å². The van der Waals surface area contributed by atoms with Crippen LogP contribution in [0.1, 0.15) is 12.8 Å². The number of carboxylic acids is 1. The van der Waals surface area contributed by atoms with E-state index in [2.05, 4.69) is 53.2 Å². The summed E-state index contributed by atoms with van der Waals surface area (Å²) in [4.78, 5) is 11.7. The Morgan fingerprint density at radius 1 is 0.510 bits per heavy atom. The summed E-state index contributed by atoms with van der Waals surface area (Å²) >= 11 is 18.8. The number of hydrogen-bond acceptors (Lipinski definition) is 5. The third-order valence-electron chi connectivity index (χ3n) is 8.70. The van der Waals surface area contributed by atoms with Gasteiger partial charge in [0.15, 0.2) is 0 Å². The monoisotopic (exact) mass is 781 g/mol. The Kier molecular flexibility index (Phi) is 12.5. The molecular formula is C41H38NO3P3S3. The number of carboxylic acid groups (broad SMARTS) is 1. The molecule has 258 valence electrons. The molecule has 0 unspecified atom stereocenters. The van der Waals surface area contributed by atoms with Crippen molar-refractivity contribution in [1.82, 2.24) is 4.67 Å². The average molecular weight is 782 g/mol. The van der Waals surface area contributed by atoms with Crippen LogP contribution in [0.3, 0.4) is 0 Å². The molecule has 1 aliphatic rings. The summed E-state index contributed by atoms with van der Waals surface area (Å²) in [6, 6.07) is 60.0. The fourth-order valence-electron chi connectivity index (χ4n) is 6.19. The van der Waals surface area contributed by atoms with Gasteiger partial charge in [-0.3, -0.25) is 9.46 Å². The van der Waals surface area contributed by atoms with Crippen molar-refractivity contribution in [3.05, 3.63) is 182 Å². The highest BCUT2D eigenvalue weighted by molar-refractivity contribution is 8.27. The molecule has 7 rings (SSSR count). The Morgan fingerprint density at radius 2 is 0.784 bits per heavy atom. The van der Waals surface area contributed by atoms with Gasteiger partial charge in [0.25, 0.3) is 0 Å². The normalized spacial score (nSPS) is 15.0. The van der Waals surface area contributed by atoms with Gasteiger partial charge in [-0.2, -0.15) is 0 Å². The third kappa shape index (κ3) is 8.18. The van der Waals surface area contributed by atoms with Crippen LogP contribution >= 0.6 is 18.7 Å². The van der Waals surface area contributed by atoms with Crippen LogP contribution in [-0.4, -0.2) is 28.3 Å². The molecule has 0 saturated carbocycles. The van der Waals surface area contributed by atoms with Gasteiger partial charge in [0.05, 0.1) is 6.19 Å². The van der Waals surface area contributed by atoms with Gasteiger partial charge in [0.2, 0.25) is 0 Å². The van der Waals surface area contributed by atoms with Crippen LogP contribution in [0.5, 0.6) is 0 Å². The van der Waals surface area contributed by atoms with Gasteiger partial charge in [0.1, 0.15) is 18.6 Å². The Bertz CT molecular complexity index is 1950. The number of hydrogen-bond donors (Lipinski definition) is 1. The van der Waals surface area contributed by atoms with Crippen molar-refractivity contribution < 1.29 is 14.2 Å². The standard InChI is InChI=1S/C24H20OP2S2.C17H18NO2PS/c28-26(21-13-5-1-6-14-21,22-15-7-2-8-16-22)25-27(29,23-17-9-3-10-18-23)24-19-11-4-12-20-24;19-17(20)16-12-7-13-18(16)21(22,14-8-3-1-4-9-14)15-10-5-2-6-11-15/h1-20H;1-6,8-11,16H,7,12-13H2,(H,19,20)/t;16-/m.0/s1. The molecule has 51 heavy (non-hydrogen) atoms. The Hall–Kier alpha value is -3.34. The van der Waals surface area contributed by atoms with Crippen LogP contribution in [0.2, 0.25) is 0 Å². The number of carbonyl (C=O) groups is 1. The predicted molar refractivity (Wildman–Crippen MR) is 228 cm³/mol. The quantitative estimate of drug-likeness (QED) is 0.143. The molecule has 0 amide bonds. The van der Waals surface area contributed by atoms with Crippen molar-refractivity contribution >= 4 is 91.9 Å². The molecule has 1 N–H and O–H groups in total. The summed E-state index contributed by atoms with van der Waals surface area (Å²) in [5, 5.41) is 15.8. The summed E-state index contributed by atoms with van der Waals surface area (Å²) in [6.45, 7) is 0.748. The minimum absolute atomic E-state index is 0.480. The molecule has 10 heteroatoms. The van der Waals surface area contributed by atoms with Crippen molar-refractivity contribution in [2.45, 2.75) is 18.9 Å². The topological polar surface area (TPSA) is 49.8 Å². The Morgan fingerprint density at radius 3 is 1.06 bits per heavy atom. The largest absolute Gasteiger partial charge is 0.480 e. The molecule has 0 bridgehead atoms. The molecular weight excluding hydrogens is 744 g/mol. The zero-order chi connectivity index (χ0) is 35.7. The first kappa shape index (κ1) is 37.4. The highest BCUT2D eigenvalue weighted by Crippen LogP contribution is 2.61. The number of aliphatic carboxylic acids is 1. The fourth-order valence-corrected chi connectivity index (χ4v) is 19.9. The lowest BCUT2D eigenvalue weighted by Gasteiger charge is -2.35. The second-order valence-corrected chi connectivity index (χ2v) is 24.2. The lowest BCUT2D eigenvalue weighted by molar-refractivity contribution is -0.140. The third-order valence-corrected chi connectivity index (χ3v) is 23.3. The molecule has 0 radical (unpaired) electrons.